The number of hydrogen-bond donors (Lipinski definition) is 0. The Labute approximate surface area is 275 Å². The van der Waals surface area contributed by atoms with Crippen molar-refractivity contribution in [1.82, 2.24) is 15.0 Å². The Morgan fingerprint density at radius 1 is 0.468 bits per heavy atom. The van der Waals surface area contributed by atoms with E-state index >= 15 is 0 Å². The van der Waals surface area contributed by atoms with Gasteiger partial charge in [0.05, 0.1) is 17.8 Å². The van der Waals surface area contributed by atoms with Crippen LogP contribution in [0.15, 0.2) is 140 Å². The van der Waals surface area contributed by atoms with Crippen molar-refractivity contribution in [2.75, 3.05) is 0 Å². The van der Waals surface area contributed by atoms with Crippen LogP contribution in [0.3, 0.4) is 0 Å². The van der Waals surface area contributed by atoms with Crippen LogP contribution in [-0.2, 0) is 6.42 Å². The minimum atomic E-state index is -0.0600. The van der Waals surface area contributed by atoms with Crippen molar-refractivity contribution in [2.24, 2.45) is 5.92 Å². The lowest BCUT2D eigenvalue weighted by Gasteiger charge is -2.24. The molecule has 6 aromatic rings. The van der Waals surface area contributed by atoms with E-state index in [1.807, 2.05) is 0 Å². The highest BCUT2D eigenvalue weighted by atomic mass is 15.1. The Morgan fingerprint density at radius 2 is 0.936 bits per heavy atom. The zero-order chi connectivity index (χ0) is 31.1. The van der Waals surface area contributed by atoms with Crippen molar-refractivity contribution in [3.8, 4) is 22.3 Å². The van der Waals surface area contributed by atoms with E-state index in [-0.39, 0.29) is 23.7 Å². The molecular weight excluding hydrogens is 571 g/mol. The zero-order valence-electron chi connectivity index (χ0n) is 26.2. The van der Waals surface area contributed by atoms with Gasteiger partial charge in [0.15, 0.2) is 0 Å². The fourth-order valence-corrected chi connectivity index (χ4v) is 8.88. The van der Waals surface area contributed by atoms with Crippen molar-refractivity contribution < 1.29 is 0 Å². The molecule has 47 heavy (non-hydrogen) atoms. The van der Waals surface area contributed by atoms with Crippen molar-refractivity contribution >= 4 is 0 Å². The molecule has 0 radical (unpaired) electrons. The molecule has 0 bridgehead atoms. The van der Waals surface area contributed by atoms with E-state index in [0.717, 1.165) is 23.9 Å². The number of aromatic nitrogens is 3. The Hall–Kier alpha value is -5.41. The van der Waals surface area contributed by atoms with Crippen LogP contribution in [0.2, 0.25) is 0 Å². The Morgan fingerprint density at radius 3 is 1.45 bits per heavy atom. The lowest BCUT2D eigenvalue weighted by Crippen LogP contribution is -2.20. The average molecular weight is 604 g/mol. The van der Waals surface area contributed by atoms with Crippen LogP contribution < -0.4 is 0 Å². The molecule has 10 rings (SSSR count). The van der Waals surface area contributed by atoms with Gasteiger partial charge in [-0.05, 0) is 67.6 Å². The second-order valence-electron chi connectivity index (χ2n) is 13.3. The predicted molar refractivity (Wildman–Crippen MR) is 188 cm³/mol. The van der Waals surface area contributed by atoms with Gasteiger partial charge >= 0.3 is 0 Å². The number of fused-ring (bicyclic) bond motifs is 9. The van der Waals surface area contributed by atoms with Crippen molar-refractivity contribution in [3.63, 3.8) is 0 Å². The number of hydrogen-bond acceptors (Lipinski definition) is 3. The van der Waals surface area contributed by atoms with E-state index in [2.05, 4.69) is 146 Å². The number of aryl methyl sites for hydroxylation is 1. The molecule has 5 aromatic carbocycles. The molecule has 0 saturated carbocycles. The fourth-order valence-electron chi connectivity index (χ4n) is 8.88. The van der Waals surface area contributed by atoms with Gasteiger partial charge in [-0.25, -0.2) is 15.0 Å². The number of allylic oxidation sites excluding steroid dienone is 4. The van der Waals surface area contributed by atoms with Crippen LogP contribution in [0.1, 0.15) is 87.0 Å². The van der Waals surface area contributed by atoms with Crippen LogP contribution in [0.4, 0.5) is 0 Å². The van der Waals surface area contributed by atoms with E-state index in [1.54, 1.807) is 0 Å². The summed E-state index contributed by atoms with van der Waals surface area (Å²) in [6.07, 6.45) is 10.1. The first-order chi connectivity index (χ1) is 23.3. The molecule has 0 spiro atoms. The van der Waals surface area contributed by atoms with E-state index in [1.165, 1.54) is 61.2 Å². The maximum Gasteiger partial charge on any atom is 0.144 e. The molecule has 0 fully saturated rings. The van der Waals surface area contributed by atoms with Gasteiger partial charge in [0, 0.05) is 11.8 Å². The summed E-state index contributed by atoms with van der Waals surface area (Å²) in [5.41, 5.74) is 14.3. The van der Waals surface area contributed by atoms with E-state index in [4.69, 9.17) is 15.0 Å². The molecule has 3 nitrogen and oxygen atoms in total. The monoisotopic (exact) mass is 603 g/mol. The molecule has 1 heterocycles. The van der Waals surface area contributed by atoms with Gasteiger partial charge in [0.2, 0.25) is 0 Å². The fraction of sp³-hybridized carbons (Fsp3) is 0.159. The molecule has 3 heteroatoms. The van der Waals surface area contributed by atoms with E-state index < -0.39 is 0 Å². The van der Waals surface area contributed by atoms with Crippen LogP contribution in [0.5, 0.6) is 0 Å². The van der Waals surface area contributed by atoms with Crippen molar-refractivity contribution in [3.05, 3.63) is 196 Å². The first-order valence-electron chi connectivity index (χ1n) is 16.9. The summed E-state index contributed by atoms with van der Waals surface area (Å²) < 4.78 is 0. The number of rotatable bonds is 4. The molecule has 0 N–H and O–H groups in total. The highest BCUT2D eigenvalue weighted by Crippen LogP contribution is 2.54. The third kappa shape index (κ3) is 3.89. The molecular formula is C44H33N3. The highest BCUT2D eigenvalue weighted by molar-refractivity contribution is 5.81. The van der Waals surface area contributed by atoms with Crippen molar-refractivity contribution in [2.45, 2.75) is 37.0 Å². The minimum absolute atomic E-state index is 0.0435. The van der Waals surface area contributed by atoms with Gasteiger partial charge in [-0.15, -0.1) is 0 Å². The third-order valence-electron chi connectivity index (χ3n) is 11.0. The molecule has 0 saturated heterocycles. The van der Waals surface area contributed by atoms with Gasteiger partial charge in [-0.3, -0.25) is 0 Å². The normalized spacial score (nSPS) is 20.0. The predicted octanol–water partition coefficient (Wildman–Crippen LogP) is 9.73. The average Bonchev–Trinajstić information content (AvgIpc) is 3.77. The second-order valence-corrected chi connectivity index (χ2v) is 13.3. The SMILES string of the molecule is CCc1ccc2c(c1)C(c1nc(C3c4ccccc4-c4ccccc43)nc(C3c4ccccc4-c4ccccc43)n1)C1C=CC=CC21. The second kappa shape index (κ2) is 10.3. The standard InChI is InChI=1S/C44H33N3/c1-2-26-23-24-32-31-17-7-12-22-37(31)41(38(32)25-26)44-46-42(39-33-18-8-3-13-27(33)28-14-4-9-19-34(28)39)45-43(47-44)40-35-20-10-5-15-29(35)30-16-6-11-21-36(30)40/h3-25,31,37,39-41H,2H2,1H3. The topological polar surface area (TPSA) is 38.7 Å². The summed E-state index contributed by atoms with van der Waals surface area (Å²) in [4.78, 5) is 16.6. The first-order valence-corrected chi connectivity index (χ1v) is 16.9. The molecule has 3 atom stereocenters. The highest BCUT2D eigenvalue weighted by Gasteiger charge is 2.43. The summed E-state index contributed by atoms with van der Waals surface area (Å²) in [6, 6.07) is 42.2. The third-order valence-corrected chi connectivity index (χ3v) is 11.0. The summed E-state index contributed by atoms with van der Waals surface area (Å²) in [5, 5.41) is 0. The largest absolute Gasteiger partial charge is 0.216 e. The molecule has 4 aliphatic rings. The van der Waals surface area contributed by atoms with Gasteiger partial charge in [-0.1, -0.05) is 146 Å². The van der Waals surface area contributed by atoms with Gasteiger partial charge in [0.1, 0.15) is 17.5 Å². The van der Waals surface area contributed by atoms with Crippen LogP contribution in [0, 0.1) is 5.92 Å². The first kappa shape index (κ1) is 26.8. The van der Waals surface area contributed by atoms with E-state index in [9.17, 15) is 0 Å². The summed E-state index contributed by atoms with van der Waals surface area (Å²) in [7, 11) is 0. The quantitative estimate of drug-likeness (QED) is 0.201. The van der Waals surface area contributed by atoms with Crippen LogP contribution >= 0.6 is 0 Å². The van der Waals surface area contributed by atoms with Gasteiger partial charge in [0.25, 0.3) is 0 Å². The Balaban J connectivity index is 1.24. The molecule has 224 valence electrons. The molecule has 3 unspecified atom stereocenters. The van der Waals surface area contributed by atoms with E-state index in [0.29, 0.717) is 5.92 Å². The zero-order valence-corrected chi connectivity index (χ0v) is 26.2. The molecule has 4 aliphatic carbocycles. The lowest BCUT2D eigenvalue weighted by atomic mass is 9.83. The maximum atomic E-state index is 5.54. The summed E-state index contributed by atoms with van der Waals surface area (Å²) in [6.45, 7) is 2.24. The minimum Gasteiger partial charge on any atom is -0.216 e. The molecule has 0 aliphatic heterocycles. The van der Waals surface area contributed by atoms with Crippen LogP contribution in [-0.4, -0.2) is 15.0 Å². The Kier molecular flexibility index (Phi) is 5.87. The molecule has 1 aromatic heterocycles. The summed E-state index contributed by atoms with van der Waals surface area (Å²) in [5.74, 6) is 3.07. The smallest absolute Gasteiger partial charge is 0.144 e. The van der Waals surface area contributed by atoms with Gasteiger partial charge < -0.3 is 0 Å². The number of nitrogens with zero attached hydrogens (tertiary/aromatic N) is 3. The lowest BCUT2D eigenvalue weighted by molar-refractivity contribution is 0.535. The summed E-state index contributed by atoms with van der Waals surface area (Å²) >= 11 is 0. The molecule has 0 amide bonds. The number of benzene rings is 5. The Bertz CT molecular complexity index is 2090. The van der Waals surface area contributed by atoms with Crippen LogP contribution in [0.25, 0.3) is 22.3 Å². The van der Waals surface area contributed by atoms with Gasteiger partial charge in [-0.2, -0.15) is 0 Å². The maximum absolute atomic E-state index is 5.54. The van der Waals surface area contributed by atoms with Crippen molar-refractivity contribution in [1.29, 1.82) is 0 Å².